The maximum Gasteiger partial charge on any atom is 0.121 e. The third-order valence-electron chi connectivity index (χ3n) is 2.47. The van der Waals surface area contributed by atoms with E-state index >= 15 is 0 Å². The topological polar surface area (TPSA) is 42.2 Å². The van der Waals surface area contributed by atoms with Gasteiger partial charge >= 0.3 is 0 Å². The van der Waals surface area contributed by atoms with E-state index in [1.165, 1.54) is 0 Å². The average Bonchev–Trinajstić information content (AvgIpc) is 2.84. The Morgan fingerprint density at radius 2 is 2.15 bits per heavy atom. The van der Waals surface area contributed by atoms with Crippen LogP contribution in [0.15, 0.2) is 6.07 Å². The number of benzene rings is 1. The molecule has 1 saturated heterocycles. The Morgan fingerprint density at radius 1 is 1.54 bits per heavy atom. The first-order valence-corrected chi connectivity index (χ1v) is 4.71. The largest absolute Gasteiger partial charge is 0.508 e. The average molecular weight is 198 g/mol. The van der Waals surface area contributed by atoms with Crippen molar-refractivity contribution in [3.8, 4) is 5.75 Å². The quantitative estimate of drug-likeness (QED) is 0.679. The van der Waals surface area contributed by atoms with Crippen LogP contribution in [0.5, 0.6) is 5.75 Å². The lowest BCUT2D eigenvalue weighted by molar-refractivity contribution is 0.467. The first-order valence-electron chi connectivity index (χ1n) is 4.33. The van der Waals surface area contributed by atoms with Gasteiger partial charge in [0.25, 0.3) is 0 Å². The van der Waals surface area contributed by atoms with Gasteiger partial charge < -0.3 is 10.4 Å². The van der Waals surface area contributed by atoms with Gasteiger partial charge in [0.1, 0.15) is 5.75 Å². The van der Waals surface area contributed by atoms with Crippen LogP contribution in [-0.4, -0.2) is 11.7 Å². The summed E-state index contributed by atoms with van der Waals surface area (Å²) in [5, 5.41) is 13.6. The maximum absolute atomic E-state index is 9.71. The van der Waals surface area contributed by atoms with Crippen molar-refractivity contribution in [2.75, 3.05) is 6.54 Å². The smallest absolute Gasteiger partial charge is 0.121 e. The predicted octanol–water partition coefficient (Wildman–Crippen LogP) is 2.31. The van der Waals surface area contributed by atoms with Crippen LogP contribution < -0.4 is 5.32 Å². The standard InChI is InChI=1S/C10H12ClNO/c1-5-3-8(13)9(7-4-12-7)6(2)10(5)11/h3,7,12-13H,4H2,1-2H3/t7-/m1/s1. The Labute approximate surface area is 82.5 Å². The van der Waals surface area contributed by atoms with Crippen molar-refractivity contribution in [2.45, 2.75) is 19.9 Å². The van der Waals surface area contributed by atoms with E-state index in [1.807, 2.05) is 13.8 Å². The zero-order valence-electron chi connectivity index (χ0n) is 7.69. The van der Waals surface area contributed by atoms with Crippen LogP contribution in [0.3, 0.4) is 0 Å². The lowest BCUT2D eigenvalue weighted by atomic mass is 10.0. The fraction of sp³-hybridized carbons (Fsp3) is 0.400. The normalized spacial score (nSPS) is 20.4. The summed E-state index contributed by atoms with van der Waals surface area (Å²) in [5.41, 5.74) is 2.88. The van der Waals surface area contributed by atoms with Crippen molar-refractivity contribution in [3.63, 3.8) is 0 Å². The zero-order valence-corrected chi connectivity index (χ0v) is 8.44. The van der Waals surface area contributed by atoms with E-state index in [0.717, 1.165) is 28.3 Å². The van der Waals surface area contributed by atoms with Crippen LogP contribution in [0.25, 0.3) is 0 Å². The number of phenolic OH excluding ortho intramolecular Hbond substituents is 1. The van der Waals surface area contributed by atoms with Crippen molar-refractivity contribution >= 4 is 11.6 Å². The van der Waals surface area contributed by atoms with E-state index < -0.39 is 0 Å². The molecule has 0 radical (unpaired) electrons. The molecule has 0 aliphatic carbocycles. The molecule has 1 aliphatic heterocycles. The lowest BCUT2D eigenvalue weighted by Gasteiger charge is -2.10. The SMILES string of the molecule is Cc1cc(O)c([C@H]2CN2)c(C)c1Cl. The molecule has 1 aromatic rings. The summed E-state index contributed by atoms with van der Waals surface area (Å²) in [4.78, 5) is 0. The molecule has 0 aromatic heterocycles. The summed E-state index contributed by atoms with van der Waals surface area (Å²) in [5.74, 6) is 0.356. The third-order valence-corrected chi connectivity index (χ3v) is 3.05. The second-order valence-corrected chi connectivity index (χ2v) is 3.90. The zero-order chi connectivity index (χ0) is 9.59. The van der Waals surface area contributed by atoms with Crippen LogP contribution in [0.1, 0.15) is 22.7 Å². The van der Waals surface area contributed by atoms with E-state index in [0.29, 0.717) is 11.8 Å². The molecular formula is C10H12ClNO. The summed E-state index contributed by atoms with van der Waals surface area (Å²) in [6, 6.07) is 2.03. The highest BCUT2D eigenvalue weighted by Crippen LogP contribution is 2.37. The molecule has 1 atom stereocenters. The number of aryl methyl sites for hydroxylation is 1. The first kappa shape index (κ1) is 8.85. The summed E-state index contributed by atoms with van der Waals surface area (Å²) < 4.78 is 0. The Bertz CT molecular complexity index is 358. The van der Waals surface area contributed by atoms with Gasteiger partial charge in [0.15, 0.2) is 0 Å². The second-order valence-electron chi connectivity index (χ2n) is 3.53. The van der Waals surface area contributed by atoms with E-state index in [1.54, 1.807) is 6.07 Å². The summed E-state index contributed by atoms with van der Waals surface area (Å²) in [7, 11) is 0. The van der Waals surface area contributed by atoms with Crippen molar-refractivity contribution < 1.29 is 5.11 Å². The molecule has 0 spiro atoms. The maximum atomic E-state index is 9.71. The molecule has 1 heterocycles. The molecule has 2 nitrogen and oxygen atoms in total. The van der Waals surface area contributed by atoms with Crippen molar-refractivity contribution in [1.82, 2.24) is 5.32 Å². The molecule has 0 saturated carbocycles. The van der Waals surface area contributed by atoms with E-state index in [9.17, 15) is 5.11 Å². The molecule has 1 fully saturated rings. The first-order chi connectivity index (χ1) is 6.11. The van der Waals surface area contributed by atoms with Gasteiger partial charge in [-0.05, 0) is 31.0 Å². The monoisotopic (exact) mass is 197 g/mol. The minimum Gasteiger partial charge on any atom is -0.508 e. The Kier molecular flexibility index (Phi) is 1.97. The van der Waals surface area contributed by atoms with Crippen molar-refractivity contribution in [1.29, 1.82) is 0 Å². The Balaban J connectivity index is 2.60. The summed E-state index contributed by atoms with van der Waals surface area (Å²) in [6.45, 7) is 4.79. The van der Waals surface area contributed by atoms with Gasteiger partial charge in [0, 0.05) is 23.2 Å². The minimum absolute atomic E-state index is 0.304. The van der Waals surface area contributed by atoms with E-state index in [4.69, 9.17) is 11.6 Å². The number of hydrogen-bond acceptors (Lipinski definition) is 2. The summed E-state index contributed by atoms with van der Waals surface area (Å²) >= 11 is 6.09. The number of halogens is 1. The van der Waals surface area contributed by atoms with Crippen LogP contribution in [-0.2, 0) is 0 Å². The molecule has 13 heavy (non-hydrogen) atoms. The Morgan fingerprint density at radius 3 is 2.69 bits per heavy atom. The second kappa shape index (κ2) is 2.89. The Hall–Kier alpha value is -0.730. The highest BCUT2D eigenvalue weighted by molar-refractivity contribution is 6.32. The van der Waals surface area contributed by atoms with Gasteiger partial charge in [0.2, 0.25) is 0 Å². The van der Waals surface area contributed by atoms with Crippen LogP contribution in [0.2, 0.25) is 5.02 Å². The van der Waals surface area contributed by atoms with Crippen LogP contribution in [0, 0.1) is 13.8 Å². The molecule has 2 N–H and O–H groups in total. The fourth-order valence-electron chi connectivity index (χ4n) is 1.66. The summed E-state index contributed by atoms with van der Waals surface area (Å²) in [6.07, 6.45) is 0. The van der Waals surface area contributed by atoms with Gasteiger partial charge in [-0.15, -0.1) is 0 Å². The van der Waals surface area contributed by atoms with E-state index in [2.05, 4.69) is 5.32 Å². The van der Waals surface area contributed by atoms with Gasteiger partial charge in [-0.3, -0.25) is 0 Å². The molecule has 0 amide bonds. The highest BCUT2D eigenvalue weighted by atomic mass is 35.5. The van der Waals surface area contributed by atoms with Gasteiger partial charge in [-0.2, -0.15) is 0 Å². The van der Waals surface area contributed by atoms with Crippen molar-refractivity contribution in [2.24, 2.45) is 0 Å². The van der Waals surface area contributed by atoms with Gasteiger partial charge in [0.05, 0.1) is 0 Å². The fourth-order valence-corrected chi connectivity index (χ4v) is 1.81. The molecule has 0 unspecified atom stereocenters. The lowest BCUT2D eigenvalue weighted by Crippen LogP contribution is -1.93. The number of aromatic hydroxyl groups is 1. The molecule has 1 aliphatic rings. The van der Waals surface area contributed by atoms with Gasteiger partial charge in [-0.25, -0.2) is 0 Å². The van der Waals surface area contributed by atoms with Crippen LogP contribution in [0.4, 0.5) is 0 Å². The minimum atomic E-state index is 0.304. The van der Waals surface area contributed by atoms with Crippen molar-refractivity contribution in [3.05, 3.63) is 27.8 Å². The highest BCUT2D eigenvalue weighted by Gasteiger charge is 2.28. The molecule has 2 rings (SSSR count). The molecule has 70 valence electrons. The van der Waals surface area contributed by atoms with E-state index in [-0.39, 0.29) is 0 Å². The number of phenols is 1. The van der Waals surface area contributed by atoms with Gasteiger partial charge in [-0.1, -0.05) is 11.6 Å². The molecule has 0 bridgehead atoms. The molecular weight excluding hydrogens is 186 g/mol. The third kappa shape index (κ3) is 1.40. The number of rotatable bonds is 1. The molecule has 1 aromatic carbocycles. The molecule has 3 heteroatoms. The number of nitrogens with one attached hydrogen (secondary N) is 1. The predicted molar refractivity (Wildman–Crippen MR) is 53.3 cm³/mol. The van der Waals surface area contributed by atoms with Crippen LogP contribution >= 0.6 is 11.6 Å². The number of hydrogen-bond donors (Lipinski definition) is 2.